The van der Waals surface area contributed by atoms with Crippen LogP contribution in [0.1, 0.15) is 10.4 Å². The van der Waals surface area contributed by atoms with Gasteiger partial charge < -0.3 is 25.8 Å². The molecule has 0 aliphatic carbocycles. The van der Waals surface area contributed by atoms with E-state index in [9.17, 15) is 18.0 Å². The van der Waals surface area contributed by atoms with Crippen molar-refractivity contribution in [2.45, 2.75) is 4.90 Å². The third-order valence-corrected chi connectivity index (χ3v) is 6.34. The van der Waals surface area contributed by atoms with Gasteiger partial charge in [0.2, 0.25) is 10.0 Å². The van der Waals surface area contributed by atoms with E-state index in [0.29, 0.717) is 30.2 Å². The van der Waals surface area contributed by atoms with Gasteiger partial charge in [-0.3, -0.25) is 4.79 Å². The van der Waals surface area contributed by atoms with Gasteiger partial charge in [0.1, 0.15) is 10.6 Å². The highest BCUT2D eigenvalue weighted by Gasteiger charge is 2.29. The number of carbonyl (C=O) groups excluding carboxylic acids is 2. The maximum Gasteiger partial charge on any atom is 0.316 e. The smallest absolute Gasteiger partial charge is 0.316 e. The Balaban J connectivity index is 1.82. The summed E-state index contributed by atoms with van der Waals surface area (Å²) in [6, 6.07) is 9.78. The van der Waals surface area contributed by atoms with Crippen LogP contribution in [0.4, 0.5) is 16.2 Å². The van der Waals surface area contributed by atoms with Crippen molar-refractivity contribution in [2.24, 2.45) is 5.73 Å². The molecule has 1 heterocycles. The first-order chi connectivity index (χ1) is 14.3. The van der Waals surface area contributed by atoms with Crippen molar-refractivity contribution in [3.05, 3.63) is 48.0 Å². The molecule has 1 saturated heterocycles. The van der Waals surface area contributed by atoms with E-state index in [0.717, 1.165) is 0 Å². The molecule has 1 aliphatic rings. The van der Waals surface area contributed by atoms with Crippen LogP contribution in [0.15, 0.2) is 47.4 Å². The van der Waals surface area contributed by atoms with Crippen LogP contribution >= 0.6 is 0 Å². The number of anilines is 2. The van der Waals surface area contributed by atoms with E-state index in [1.54, 1.807) is 6.07 Å². The average Bonchev–Trinajstić information content (AvgIpc) is 2.74. The van der Waals surface area contributed by atoms with Gasteiger partial charge in [-0.15, -0.1) is 0 Å². The van der Waals surface area contributed by atoms with Crippen LogP contribution < -0.4 is 21.1 Å². The number of carbonyl (C=O) groups is 2. The van der Waals surface area contributed by atoms with E-state index in [-0.39, 0.29) is 23.7 Å². The third-order valence-electron chi connectivity index (χ3n) is 4.42. The number of nitrogens with one attached hydrogen (secondary N) is 2. The van der Waals surface area contributed by atoms with E-state index in [2.05, 4.69) is 10.6 Å². The van der Waals surface area contributed by atoms with Crippen molar-refractivity contribution in [1.29, 1.82) is 0 Å². The van der Waals surface area contributed by atoms with Crippen LogP contribution in [0.25, 0.3) is 0 Å². The molecule has 0 unspecified atom stereocenters. The lowest BCUT2D eigenvalue weighted by Crippen LogP contribution is -2.40. The number of hydrogen-bond acceptors (Lipinski definition) is 6. The van der Waals surface area contributed by atoms with Crippen LogP contribution in [0.2, 0.25) is 0 Å². The first-order valence-electron chi connectivity index (χ1n) is 9.05. The Bertz CT molecular complexity index is 1030. The van der Waals surface area contributed by atoms with E-state index in [4.69, 9.17) is 15.2 Å². The minimum atomic E-state index is -3.82. The fraction of sp³-hybridized carbons (Fsp3) is 0.263. The number of hydrogen-bond donors (Lipinski definition) is 3. The summed E-state index contributed by atoms with van der Waals surface area (Å²) in [7, 11) is -2.44. The summed E-state index contributed by atoms with van der Waals surface area (Å²) in [5, 5.41) is 5.07. The van der Waals surface area contributed by atoms with Gasteiger partial charge in [-0.1, -0.05) is 0 Å². The first kappa shape index (κ1) is 21.6. The molecular formula is C19H22N4O6S. The summed E-state index contributed by atoms with van der Waals surface area (Å²) in [5.41, 5.74) is 6.11. The van der Waals surface area contributed by atoms with Crippen LogP contribution in [-0.4, -0.2) is 58.1 Å². The molecule has 3 rings (SSSR count). The number of morpholine rings is 1. The van der Waals surface area contributed by atoms with Crippen molar-refractivity contribution in [3.8, 4) is 5.75 Å². The minimum absolute atomic E-state index is 0.0364. The normalized spacial score (nSPS) is 14.7. The van der Waals surface area contributed by atoms with Gasteiger partial charge in [0.15, 0.2) is 0 Å². The minimum Gasteiger partial charge on any atom is -0.495 e. The van der Waals surface area contributed by atoms with Crippen molar-refractivity contribution in [3.63, 3.8) is 0 Å². The molecule has 10 nitrogen and oxygen atoms in total. The number of methoxy groups -OCH3 is 1. The van der Waals surface area contributed by atoms with Gasteiger partial charge >= 0.3 is 6.03 Å². The second-order valence-corrected chi connectivity index (χ2v) is 8.31. The standard InChI is InChI=1S/C19H22N4O6S/c1-28-16-7-6-15(12-17(16)30(26,27)23-8-10-29-11-9-23)21-18(24)13-2-4-14(5-3-13)22-19(20)25/h2-7,12H,8-11H2,1H3,(H,21,24)(H3,20,22,25). The molecular weight excluding hydrogens is 412 g/mol. The molecule has 11 heteroatoms. The number of nitrogens with zero attached hydrogens (tertiary/aromatic N) is 1. The lowest BCUT2D eigenvalue weighted by molar-refractivity contribution is 0.0729. The van der Waals surface area contributed by atoms with Gasteiger partial charge in [0.05, 0.1) is 20.3 Å². The lowest BCUT2D eigenvalue weighted by atomic mass is 10.2. The number of nitrogens with two attached hydrogens (primary N) is 1. The summed E-state index contributed by atoms with van der Waals surface area (Å²) < 4.78 is 37.8. The summed E-state index contributed by atoms with van der Waals surface area (Å²) in [4.78, 5) is 23.4. The highest BCUT2D eigenvalue weighted by Crippen LogP contribution is 2.30. The fourth-order valence-corrected chi connectivity index (χ4v) is 4.52. The predicted octanol–water partition coefficient (Wildman–Crippen LogP) is 1.46. The third kappa shape index (κ3) is 4.87. The molecule has 4 N–H and O–H groups in total. The summed E-state index contributed by atoms with van der Waals surface area (Å²) in [6.45, 7) is 1.12. The number of benzene rings is 2. The predicted molar refractivity (Wildman–Crippen MR) is 110 cm³/mol. The molecule has 0 spiro atoms. The molecule has 0 atom stereocenters. The highest BCUT2D eigenvalue weighted by atomic mass is 32.2. The largest absolute Gasteiger partial charge is 0.495 e. The summed E-state index contributed by atoms with van der Waals surface area (Å²) >= 11 is 0. The number of ether oxygens (including phenoxy) is 2. The monoisotopic (exact) mass is 434 g/mol. The topological polar surface area (TPSA) is 140 Å². The summed E-state index contributed by atoms with van der Waals surface area (Å²) in [5.74, 6) is -0.262. The molecule has 1 fully saturated rings. The zero-order valence-corrected chi connectivity index (χ0v) is 17.1. The Morgan fingerprint density at radius 2 is 1.67 bits per heavy atom. The van der Waals surface area contributed by atoms with Crippen molar-refractivity contribution < 1.29 is 27.5 Å². The Labute approximate surface area is 174 Å². The number of rotatable bonds is 6. The van der Waals surface area contributed by atoms with Gasteiger partial charge in [0.25, 0.3) is 5.91 Å². The van der Waals surface area contributed by atoms with Gasteiger partial charge in [-0.2, -0.15) is 4.31 Å². The molecule has 0 saturated carbocycles. The van der Waals surface area contributed by atoms with E-state index in [1.165, 1.54) is 47.8 Å². The molecule has 2 aromatic rings. The van der Waals surface area contributed by atoms with Crippen LogP contribution in [0.3, 0.4) is 0 Å². The second-order valence-electron chi connectivity index (χ2n) is 6.40. The average molecular weight is 434 g/mol. The van der Waals surface area contributed by atoms with Crippen molar-refractivity contribution in [2.75, 3.05) is 44.0 Å². The molecule has 0 radical (unpaired) electrons. The SMILES string of the molecule is COc1ccc(NC(=O)c2ccc(NC(N)=O)cc2)cc1S(=O)(=O)N1CCOCC1. The second kappa shape index (κ2) is 9.11. The number of sulfonamides is 1. The molecule has 2 aromatic carbocycles. The molecule has 3 amide bonds. The maximum absolute atomic E-state index is 13.0. The van der Waals surface area contributed by atoms with Crippen molar-refractivity contribution >= 4 is 33.3 Å². The van der Waals surface area contributed by atoms with Gasteiger partial charge in [0, 0.05) is 30.0 Å². The first-order valence-corrected chi connectivity index (χ1v) is 10.5. The quantitative estimate of drug-likeness (QED) is 0.629. The van der Waals surface area contributed by atoms with E-state index >= 15 is 0 Å². The Morgan fingerprint density at radius 3 is 2.27 bits per heavy atom. The van der Waals surface area contributed by atoms with Crippen molar-refractivity contribution in [1.82, 2.24) is 4.31 Å². The zero-order chi connectivity index (χ0) is 21.7. The van der Waals surface area contributed by atoms with Gasteiger partial charge in [-0.05, 0) is 42.5 Å². The number of amides is 3. The molecule has 0 bridgehead atoms. The Morgan fingerprint density at radius 1 is 1.03 bits per heavy atom. The molecule has 160 valence electrons. The lowest BCUT2D eigenvalue weighted by Gasteiger charge is -2.26. The highest BCUT2D eigenvalue weighted by molar-refractivity contribution is 7.89. The number of primary amides is 1. The molecule has 30 heavy (non-hydrogen) atoms. The van der Waals surface area contributed by atoms with E-state index in [1.807, 2.05) is 0 Å². The zero-order valence-electron chi connectivity index (χ0n) is 16.3. The van der Waals surface area contributed by atoms with Crippen LogP contribution in [0, 0.1) is 0 Å². The Kier molecular flexibility index (Phi) is 6.55. The van der Waals surface area contributed by atoms with Crippen LogP contribution in [-0.2, 0) is 14.8 Å². The maximum atomic E-state index is 13.0. The van der Waals surface area contributed by atoms with Gasteiger partial charge in [-0.25, -0.2) is 13.2 Å². The Hall–Kier alpha value is -3.15. The molecule has 0 aromatic heterocycles. The number of urea groups is 1. The fourth-order valence-electron chi connectivity index (χ4n) is 2.93. The van der Waals surface area contributed by atoms with Crippen LogP contribution in [0.5, 0.6) is 5.75 Å². The van der Waals surface area contributed by atoms with E-state index < -0.39 is 22.0 Å². The molecule has 1 aliphatic heterocycles. The summed E-state index contributed by atoms with van der Waals surface area (Å²) in [6.07, 6.45) is 0.